The van der Waals surface area contributed by atoms with E-state index in [0.717, 1.165) is 24.8 Å². The summed E-state index contributed by atoms with van der Waals surface area (Å²) in [6, 6.07) is 15.0. The zero-order chi connectivity index (χ0) is 18.3. The van der Waals surface area contributed by atoms with Crippen LogP contribution in [0, 0.1) is 6.92 Å². The molecule has 2 aromatic carbocycles. The topological polar surface area (TPSA) is 66.5 Å². The van der Waals surface area contributed by atoms with Crippen LogP contribution in [0.25, 0.3) is 0 Å². The molecule has 4 heteroatoms. The molecule has 0 aliphatic heterocycles. The van der Waals surface area contributed by atoms with Gasteiger partial charge in [-0.2, -0.15) is 0 Å². The van der Waals surface area contributed by atoms with E-state index in [2.05, 4.69) is 56.9 Å². The number of benzene rings is 2. The Morgan fingerprint density at radius 1 is 0.960 bits per heavy atom. The molecule has 0 unspecified atom stereocenters. The van der Waals surface area contributed by atoms with Gasteiger partial charge in [-0.15, -0.1) is 0 Å². The molecule has 0 bridgehead atoms. The number of hydrogen-bond donors (Lipinski definition) is 3. The molecule has 0 saturated carbocycles. The third-order valence-corrected chi connectivity index (χ3v) is 4.85. The van der Waals surface area contributed by atoms with E-state index in [1.54, 1.807) is 0 Å². The number of nitrogens with two attached hydrogens (primary N) is 1. The number of aliphatic hydroxyl groups is 2. The molecule has 0 heterocycles. The molecule has 132 valence electrons. The van der Waals surface area contributed by atoms with Crippen molar-refractivity contribution in [2.75, 3.05) is 13.2 Å². The zero-order valence-electron chi connectivity index (χ0n) is 15.0. The molecule has 0 fully saturated rings. The Hall–Kier alpha value is -1.75. The van der Waals surface area contributed by atoms with Crippen LogP contribution >= 0.6 is 0 Å². The van der Waals surface area contributed by atoms with Crippen molar-refractivity contribution in [3.63, 3.8) is 0 Å². The summed E-state index contributed by atoms with van der Waals surface area (Å²) in [6.07, 6.45) is 3.29. The predicted octanol–water partition coefficient (Wildman–Crippen LogP) is 1.45. The van der Waals surface area contributed by atoms with Crippen LogP contribution in [-0.4, -0.2) is 42.4 Å². The summed E-state index contributed by atoms with van der Waals surface area (Å²) in [5, 5.41) is 18.6. The molecule has 0 aliphatic carbocycles. The number of rotatable bonds is 9. The summed E-state index contributed by atoms with van der Waals surface area (Å²) in [4.78, 5) is 0. The van der Waals surface area contributed by atoms with Gasteiger partial charge in [0.15, 0.2) is 0 Å². The Kier molecular flexibility index (Phi) is 7.12. The molecular weight excluding hydrogens is 309 g/mol. The summed E-state index contributed by atoms with van der Waals surface area (Å²) in [7, 11) is 3.78. The normalized spacial score (nSPS) is 11.5. The summed E-state index contributed by atoms with van der Waals surface area (Å²) in [5.74, 6) is 1.85. The molecule has 0 aliphatic rings. The van der Waals surface area contributed by atoms with Gasteiger partial charge in [-0.25, -0.2) is 0 Å². The first-order valence-corrected chi connectivity index (χ1v) is 8.80. The van der Waals surface area contributed by atoms with E-state index in [0.29, 0.717) is 6.42 Å². The second-order valence-electron chi connectivity index (χ2n) is 6.89. The molecule has 0 radical (unpaired) electrons. The van der Waals surface area contributed by atoms with Gasteiger partial charge in [0.05, 0.1) is 18.8 Å². The van der Waals surface area contributed by atoms with Crippen LogP contribution in [0.1, 0.15) is 34.2 Å². The van der Waals surface area contributed by atoms with Gasteiger partial charge < -0.3 is 15.9 Å². The van der Waals surface area contributed by atoms with Gasteiger partial charge in [-0.05, 0) is 0 Å². The third kappa shape index (κ3) is 5.63. The Morgan fingerprint density at radius 3 is 2.20 bits per heavy atom. The molecule has 0 atom stereocenters. The SMILES string of the molecule is B=Cc1ccc(CCc2cc(CCC(N)(CO)CO)ccc2C)cc1. The maximum absolute atomic E-state index is 9.32. The molecule has 0 aromatic heterocycles. The van der Waals surface area contributed by atoms with Crippen LogP contribution in [0.15, 0.2) is 42.5 Å². The van der Waals surface area contributed by atoms with Crippen molar-refractivity contribution in [3.05, 3.63) is 70.3 Å². The second kappa shape index (κ2) is 9.09. The molecule has 0 amide bonds. The minimum atomic E-state index is -0.905. The molecule has 25 heavy (non-hydrogen) atoms. The fraction of sp³-hybridized carbons (Fsp3) is 0.381. The summed E-state index contributed by atoms with van der Waals surface area (Å²) < 4.78 is 0. The average molecular weight is 337 g/mol. The van der Waals surface area contributed by atoms with Crippen molar-refractivity contribution in [2.45, 2.75) is 38.1 Å². The van der Waals surface area contributed by atoms with Crippen molar-refractivity contribution in [3.8, 4) is 0 Å². The van der Waals surface area contributed by atoms with Gasteiger partial charge in [0.1, 0.15) is 0 Å². The summed E-state index contributed by atoms with van der Waals surface area (Å²) in [6.45, 7) is 1.72. The fourth-order valence-electron chi connectivity index (χ4n) is 2.85. The zero-order valence-corrected chi connectivity index (χ0v) is 15.0. The van der Waals surface area contributed by atoms with Crippen LogP contribution in [0.4, 0.5) is 0 Å². The minimum absolute atomic E-state index is 0.205. The van der Waals surface area contributed by atoms with Crippen molar-refractivity contribution in [1.29, 1.82) is 0 Å². The van der Waals surface area contributed by atoms with Crippen molar-refractivity contribution in [1.82, 2.24) is 0 Å². The van der Waals surface area contributed by atoms with Gasteiger partial charge in [-0.3, -0.25) is 0 Å². The standard InChI is InChI=1S/C21H28BNO2/c1-16-2-3-18(10-11-21(23,14-24)15-25)12-20(16)9-8-17-4-6-19(13-22)7-5-17/h2-7,12-13,22,24-25H,8-11,14-15,23H2,1H3. The van der Waals surface area contributed by atoms with Crippen LogP contribution in [0.3, 0.4) is 0 Å². The van der Waals surface area contributed by atoms with Crippen molar-refractivity contribution in [2.24, 2.45) is 5.73 Å². The van der Waals surface area contributed by atoms with Gasteiger partial charge in [0.2, 0.25) is 0 Å². The van der Waals surface area contributed by atoms with Gasteiger partial charge in [0, 0.05) is 0 Å². The first-order valence-electron chi connectivity index (χ1n) is 8.80. The van der Waals surface area contributed by atoms with Crippen molar-refractivity contribution >= 4 is 13.5 Å². The average Bonchev–Trinajstić information content (AvgIpc) is 2.66. The number of aryl methyl sites for hydroxylation is 4. The molecule has 4 N–H and O–H groups in total. The van der Waals surface area contributed by atoms with Crippen LogP contribution in [0.2, 0.25) is 0 Å². The van der Waals surface area contributed by atoms with E-state index in [-0.39, 0.29) is 13.2 Å². The van der Waals surface area contributed by atoms with E-state index < -0.39 is 5.54 Å². The fourth-order valence-corrected chi connectivity index (χ4v) is 2.85. The third-order valence-electron chi connectivity index (χ3n) is 4.85. The molecular formula is C21H28BNO2. The summed E-state index contributed by atoms with van der Waals surface area (Å²) >= 11 is 0. The van der Waals surface area contributed by atoms with Crippen molar-refractivity contribution < 1.29 is 10.2 Å². The van der Waals surface area contributed by atoms with E-state index in [1.807, 2.05) is 5.97 Å². The maximum atomic E-state index is 9.32. The Morgan fingerprint density at radius 2 is 1.60 bits per heavy atom. The van der Waals surface area contributed by atoms with E-state index in [9.17, 15) is 10.2 Å². The Balaban J connectivity index is 2.01. The Bertz CT molecular complexity index is 694. The molecule has 2 aromatic rings. The van der Waals surface area contributed by atoms with Crippen LogP contribution < -0.4 is 5.73 Å². The second-order valence-corrected chi connectivity index (χ2v) is 6.89. The number of hydrogen-bond acceptors (Lipinski definition) is 3. The Labute approximate surface area is 151 Å². The molecule has 0 spiro atoms. The quantitative estimate of drug-likeness (QED) is 0.607. The van der Waals surface area contributed by atoms with E-state index in [4.69, 9.17) is 5.73 Å². The summed E-state index contributed by atoms with van der Waals surface area (Å²) in [5.41, 5.74) is 11.3. The van der Waals surface area contributed by atoms with Gasteiger partial charge in [-0.1, -0.05) is 0 Å². The van der Waals surface area contributed by atoms with Crippen LogP contribution in [0.5, 0.6) is 0 Å². The van der Waals surface area contributed by atoms with Gasteiger partial charge >= 0.3 is 116 Å². The molecule has 0 saturated heterocycles. The predicted molar refractivity (Wildman–Crippen MR) is 107 cm³/mol. The molecule has 3 nitrogen and oxygen atoms in total. The monoisotopic (exact) mass is 337 g/mol. The number of aliphatic hydroxyl groups excluding tert-OH is 2. The van der Waals surface area contributed by atoms with E-state index in [1.165, 1.54) is 22.3 Å². The van der Waals surface area contributed by atoms with E-state index >= 15 is 0 Å². The van der Waals surface area contributed by atoms with Gasteiger partial charge in [0.25, 0.3) is 0 Å². The van der Waals surface area contributed by atoms with Crippen LogP contribution in [-0.2, 0) is 19.3 Å². The first kappa shape index (κ1) is 19.6. The first-order chi connectivity index (χ1) is 12.0. The molecule has 2 rings (SSSR count).